The molecule has 1 rings (SSSR count). The predicted molar refractivity (Wildman–Crippen MR) is 79.4 cm³/mol. The fourth-order valence-electron chi connectivity index (χ4n) is 1.51. The molecule has 0 saturated heterocycles. The van der Waals surface area contributed by atoms with E-state index in [1.807, 2.05) is 30.3 Å². The zero-order valence-electron chi connectivity index (χ0n) is 12.9. The number of amides is 4. The minimum absolute atomic E-state index is 0.120. The highest BCUT2D eigenvalue weighted by molar-refractivity contribution is 5.84. The van der Waals surface area contributed by atoms with Gasteiger partial charge in [-0.2, -0.15) is 0 Å². The van der Waals surface area contributed by atoms with E-state index in [2.05, 4.69) is 0 Å². The van der Waals surface area contributed by atoms with Crippen LogP contribution in [0.5, 0.6) is 0 Å². The average molecular weight is 308 g/mol. The number of hydrogen-bond donors (Lipinski definition) is 1. The lowest BCUT2D eigenvalue weighted by atomic mass is 10.2. The van der Waals surface area contributed by atoms with Gasteiger partial charge >= 0.3 is 12.1 Å². The van der Waals surface area contributed by atoms with Gasteiger partial charge in [-0.1, -0.05) is 30.3 Å². The molecule has 8 heteroatoms. The van der Waals surface area contributed by atoms with Crippen molar-refractivity contribution in [3.8, 4) is 0 Å². The second-order valence-electron chi connectivity index (χ2n) is 4.68. The third-order valence-corrected chi connectivity index (χ3v) is 3.02. The van der Waals surface area contributed by atoms with Crippen molar-refractivity contribution in [2.75, 3.05) is 27.7 Å². The highest BCUT2D eigenvalue weighted by atomic mass is 16.6. The fraction of sp³-hybridized carbons (Fsp3) is 0.357. The van der Waals surface area contributed by atoms with Crippen molar-refractivity contribution >= 4 is 18.0 Å². The number of hydrazine groups is 1. The van der Waals surface area contributed by atoms with E-state index in [4.69, 9.17) is 10.5 Å². The lowest BCUT2D eigenvalue weighted by Crippen LogP contribution is -2.50. The first-order chi connectivity index (χ1) is 10.3. The number of primary amides is 1. The van der Waals surface area contributed by atoms with Gasteiger partial charge < -0.3 is 15.4 Å². The van der Waals surface area contributed by atoms with Crippen molar-refractivity contribution in [1.29, 1.82) is 0 Å². The number of hydrogen-bond acceptors (Lipinski definition) is 4. The van der Waals surface area contributed by atoms with Gasteiger partial charge in [-0.25, -0.2) is 14.6 Å². The molecular formula is C14H20N4O4. The number of nitrogens with two attached hydrogens (primary N) is 1. The second kappa shape index (κ2) is 7.87. The molecule has 0 aliphatic rings. The molecule has 4 amide bonds. The molecule has 0 fully saturated rings. The van der Waals surface area contributed by atoms with Crippen molar-refractivity contribution in [1.82, 2.24) is 14.9 Å². The second-order valence-corrected chi connectivity index (χ2v) is 4.68. The molecule has 0 atom stereocenters. The maximum Gasteiger partial charge on any atom is 0.410 e. The third-order valence-electron chi connectivity index (χ3n) is 3.02. The molecule has 0 aromatic heterocycles. The molecule has 0 aliphatic heterocycles. The molecule has 1 aromatic rings. The number of carbonyl (C=O) groups is 3. The van der Waals surface area contributed by atoms with Gasteiger partial charge in [0.2, 0.25) is 0 Å². The molecule has 22 heavy (non-hydrogen) atoms. The zero-order chi connectivity index (χ0) is 16.7. The molecule has 0 spiro atoms. The summed E-state index contributed by atoms with van der Waals surface area (Å²) in [6.07, 6.45) is -0.632. The van der Waals surface area contributed by atoms with E-state index in [-0.39, 0.29) is 13.2 Å². The first-order valence-corrected chi connectivity index (χ1v) is 6.54. The molecular weight excluding hydrogens is 288 g/mol. The smallest absolute Gasteiger partial charge is 0.410 e. The van der Waals surface area contributed by atoms with Crippen LogP contribution in [0.2, 0.25) is 0 Å². The van der Waals surface area contributed by atoms with Gasteiger partial charge in [-0.05, 0) is 5.56 Å². The lowest BCUT2D eigenvalue weighted by molar-refractivity contribution is -0.140. The van der Waals surface area contributed by atoms with Crippen molar-refractivity contribution in [2.24, 2.45) is 5.73 Å². The van der Waals surface area contributed by atoms with E-state index in [0.29, 0.717) is 0 Å². The van der Waals surface area contributed by atoms with Gasteiger partial charge in [0.25, 0.3) is 5.91 Å². The number of rotatable bonds is 4. The van der Waals surface area contributed by atoms with Crippen LogP contribution in [0.1, 0.15) is 5.56 Å². The number of ether oxygens (including phenoxy) is 1. The molecule has 0 heterocycles. The van der Waals surface area contributed by atoms with Gasteiger partial charge in [0.1, 0.15) is 13.2 Å². The van der Waals surface area contributed by atoms with Crippen LogP contribution < -0.4 is 5.73 Å². The van der Waals surface area contributed by atoms with Crippen LogP contribution in [0.4, 0.5) is 9.59 Å². The number of benzene rings is 1. The maximum atomic E-state index is 11.9. The molecule has 0 unspecified atom stereocenters. The molecule has 8 nitrogen and oxygen atoms in total. The van der Waals surface area contributed by atoms with E-state index in [1.165, 1.54) is 21.1 Å². The van der Waals surface area contributed by atoms with Crippen LogP contribution in [0.15, 0.2) is 30.3 Å². The van der Waals surface area contributed by atoms with Gasteiger partial charge in [0, 0.05) is 21.1 Å². The average Bonchev–Trinajstić information content (AvgIpc) is 2.51. The van der Waals surface area contributed by atoms with Gasteiger partial charge in [-0.15, -0.1) is 0 Å². The molecule has 1 aromatic carbocycles. The number of urea groups is 1. The van der Waals surface area contributed by atoms with E-state index < -0.39 is 18.0 Å². The maximum absolute atomic E-state index is 11.9. The molecule has 0 bridgehead atoms. The van der Waals surface area contributed by atoms with Crippen molar-refractivity contribution in [3.63, 3.8) is 0 Å². The molecule has 120 valence electrons. The summed E-state index contributed by atoms with van der Waals surface area (Å²) < 4.78 is 5.09. The molecule has 2 N–H and O–H groups in total. The van der Waals surface area contributed by atoms with Crippen LogP contribution in [-0.4, -0.2) is 60.6 Å². The Hall–Kier alpha value is -2.77. The van der Waals surface area contributed by atoms with Crippen LogP contribution in [0, 0.1) is 0 Å². The summed E-state index contributed by atoms with van der Waals surface area (Å²) in [6.45, 7) is -0.114. The largest absolute Gasteiger partial charge is 0.445 e. The minimum Gasteiger partial charge on any atom is -0.445 e. The highest BCUT2D eigenvalue weighted by Gasteiger charge is 2.21. The Bertz CT molecular complexity index is 535. The summed E-state index contributed by atoms with van der Waals surface area (Å²) >= 11 is 0. The monoisotopic (exact) mass is 308 g/mol. The van der Waals surface area contributed by atoms with Crippen LogP contribution in [0.3, 0.4) is 0 Å². The normalized spacial score (nSPS) is 9.77. The zero-order valence-corrected chi connectivity index (χ0v) is 12.9. The first-order valence-electron chi connectivity index (χ1n) is 6.54. The Kier molecular flexibility index (Phi) is 6.18. The van der Waals surface area contributed by atoms with E-state index in [0.717, 1.165) is 20.5 Å². The van der Waals surface area contributed by atoms with Crippen molar-refractivity contribution in [2.45, 2.75) is 6.61 Å². The van der Waals surface area contributed by atoms with Crippen LogP contribution in [-0.2, 0) is 16.1 Å². The Morgan fingerprint density at radius 2 is 1.64 bits per heavy atom. The topological polar surface area (TPSA) is 96.2 Å². The van der Waals surface area contributed by atoms with Gasteiger partial charge in [0.05, 0.1) is 0 Å². The summed E-state index contributed by atoms with van der Waals surface area (Å²) in [5.74, 6) is -0.472. The molecule has 0 radical (unpaired) electrons. The molecule has 0 aliphatic carbocycles. The van der Waals surface area contributed by atoms with Crippen LogP contribution >= 0.6 is 0 Å². The molecule has 0 saturated carbocycles. The SMILES string of the molecule is CN(CC(=O)N(C)N(C)C(N)=O)C(=O)OCc1ccccc1. The highest BCUT2D eigenvalue weighted by Crippen LogP contribution is 2.03. The Balaban J connectivity index is 2.46. The van der Waals surface area contributed by atoms with Gasteiger partial charge in [0.15, 0.2) is 0 Å². The number of carbonyl (C=O) groups excluding carboxylic acids is 3. The fourth-order valence-corrected chi connectivity index (χ4v) is 1.51. The standard InChI is InChI=1S/C14H20N4O4/c1-16(9-12(19)17(2)18(3)13(15)20)14(21)22-10-11-7-5-4-6-8-11/h4-8H,9-10H2,1-3H3,(H2,15,20). The quantitative estimate of drug-likeness (QED) is 0.825. The summed E-state index contributed by atoms with van der Waals surface area (Å²) in [7, 11) is 4.17. The predicted octanol–water partition coefficient (Wildman–Crippen LogP) is 0.639. The Morgan fingerprint density at radius 3 is 2.18 bits per heavy atom. The van der Waals surface area contributed by atoms with Crippen molar-refractivity contribution < 1.29 is 19.1 Å². The Labute approximate surface area is 129 Å². The van der Waals surface area contributed by atoms with Crippen molar-refractivity contribution in [3.05, 3.63) is 35.9 Å². The third kappa shape index (κ3) is 4.97. The van der Waals surface area contributed by atoms with E-state index >= 15 is 0 Å². The van der Waals surface area contributed by atoms with Crippen LogP contribution in [0.25, 0.3) is 0 Å². The Morgan fingerprint density at radius 1 is 1.05 bits per heavy atom. The lowest BCUT2D eigenvalue weighted by Gasteiger charge is -2.28. The summed E-state index contributed by atoms with van der Waals surface area (Å²) in [5, 5.41) is 1.98. The number of nitrogens with zero attached hydrogens (tertiary/aromatic N) is 3. The summed E-state index contributed by atoms with van der Waals surface area (Å²) in [6, 6.07) is 8.42. The van der Waals surface area contributed by atoms with E-state index in [1.54, 1.807) is 0 Å². The van der Waals surface area contributed by atoms with E-state index in [9.17, 15) is 14.4 Å². The summed E-state index contributed by atoms with van der Waals surface area (Å²) in [4.78, 5) is 35.8. The van der Waals surface area contributed by atoms with Gasteiger partial charge in [-0.3, -0.25) is 9.80 Å². The first kappa shape index (κ1) is 17.3. The minimum atomic E-state index is -0.773. The number of likely N-dealkylation sites (N-methyl/N-ethyl adjacent to an activating group) is 2. The summed E-state index contributed by atoms with van der Waals surface area (Å²) in [5.41, 5.74) is 5.91.